The fourth-order valence-electron chi connectivity index (χ4n) is 5.18. The van der Waals surface area contributed by atoms with Gasteiger partial charge in [0.2, 0.25) is 5.91 Å². The zero-order valence-corrected chi connectivity index (χ0v) is 18.2. The van der Waals surface area contributed by atoms with E-state index in [0.717, 1.165) is 24.2 Å². The van der Waals surface area contributed by atoms with Crippen molar-refractivity contribution in [3.63, 3.8) is 0 Å². The lowest BCUT2D eigenvalue weighted by Gasteiger charge is -2.36. The number of amides is 1. The molecular weight excluding hydrogens is 429 g/mol. The van der Waals surface area contributed by atoms with E-state index in [1.54, 1.807) is 24.3 Å². The van der Waals surface area contributed by atoms with Crippen molar-refractivity contribution in [1.29, 1.82) is 0 Å². The number of anilines is 1. The lowest BCUT2D eigenvalue weighted by molar-refractivity contribution is -0.124. The standard InChI is InChI=1S/C22H18Cl3N3O/c1-21(2)13-6-7-22(21,20(29)26-12-5-3-4-11(23)8-12)19-18(13)27-16-9-14(24)15(25)10-17(16)28-19/h3-5,8-10,13H,6-7H2,1-2H3,(H,26,29). The predicted molar refractivity (Wildman–Crippen MR) is 117 cm³/mol. The van der Waals surface area contributed by atoms with Gasteiger partial charge in [-0.05, 0) is 48.6 Å². The molecule has 2 atom stereocenters. The summed E-state index contributed by atoms with van der Waals surface area (Å²) in [5, 5.41) is 4.52. The number of aromatic nitrogens is 2. The zero-order valence-electron chi connectivity index (χ0n) is 15.9. The Morgan fingerprint density at radius 3 is 2.45 bits per heavy atom. The van der Waals surface area contributed by atoms with E-state index in [1.165, 1.54) is 0 Å². The van der Waals surface area contributed by atoms with Crippen LogP contribution in [-0.2, 0) is 10.2 Å². The Balaban J connectivity index is 1.67. The minimum atomic E-state index is -0.761. The molecule has 3 aromatic rings. The minimum Gasteiger partial charge on any atom is -0.325 e. The van der Waals surface area contributed by atoms with E-state index in [4.69, 9.17) is 44.8 Å². The minimum absolute atomic E-state index is 0.0697. The predicted octanol–water partition coefficient (Wildman–Crippen LogP) is 6.38. The van der Waals surface area contributed by atoms with Crippen LogP contribution in [0.5, 0.6) is 0 Å². The molecule has 2 aromatic carbocycles. The molecule has 0 radical (unpaired) electrons. The van der Waals surface area contributed by atoms with Gasteiger partial charge in [-0.15, -0.1) is 0 Å². The molecule has 0 aliphatic heterocycles. The Hall–Kier alpha value is -1.88. The third-order valence-electron chi connectivity index (χ3n) is 6.72. The molecule has 7 heteroatoms. The topological polar surface area (TPSA) is 54.9 Å². The van der Waals surface area contributed by atoms with Gasteiger partial charge in [-0.2, -0.15) is 0 Å². The van der Waals surface area contributed by atoms with Crippen LogP contribution in [0.4, 0.5) is 5.69 Å². The Morgan fingerprint density at radius 1 is 1.07 bits per heavy atom. The lowest BCUT2D eigenvalue weighted by atomic mass is 9.67. The third-order valence-corrected chi connectivity index (χ3v) is 7.67. The molecule has 2 aliphatic carbocycles. The summed E-state index contributed by atoms with van der Waals surface area (Å²) in [5.74, 6) is 0.0914. The summed E-state index contributed by atoms with van der Waals surface area (Å²) >= 11 is 18.5. The van der Waals surface area contributed by atoms with Crippen LogP contribution in [0.25, 0.3) is 11.0 Å². The highest BCUT2D eigenvalue weighted by atomic mass is 35.5. The molecule has 1 amide bonds. The molecule has 5 rings (SSSR count). The highest BCUT2D eigenvalue weighted by Gasteiger charge is 2.67. The first-order chi connectivity index (χ1) is 13.7. The van der Waals surface area contributed by atoms with Gasteiger partial charge in [0.1, 0.15) is 0 Å². The maximum absolute atomic E-state index is 13.7. The van der Waals surface area contributed by atoms with E-state index in [1.807, 2.05) is 12.1 Å². The van der Waals surface area contributed by atoms with Crippen LogP contribution in [0.15, 0.2) is 36.4 Å². The van der Waals surface area contributed by atoms with Gasteiger partial charge in [0.25, 0.3) is 0 Å². The molecule has 1 aromatic heterocycles. The number of hydrogen-bond acceptors (Lipinski definition) is 3. The number of rotatable bonds is 2. The second kappa shape index (κ2) is 6.31. The highest BCUT2D eigenvalue weighted by Crippen LogP contribution is 2.67. The van der Waals surface area contributed by atoms with Crippen LogP contribution < -0.4 is 5.32 Å². The molecule has 1 saturated carbocycles. The van der Waals surface area contributed by atoms with Crippen molar-refractivity contribution >= 4 is 57.4 Å². The zero-order chi connectivity index (χ0) is 20.6. The molecule has 1 fully saturated rings. The van der Waals surface area contributed by atoms with E-state index in [2.05, 4.69) is 19.2 Å². The van der Waals surface area contributed by atoms with Crippen LogP contribution in [0.3, 0.4) is 0 Å². The van der Waals surface area contributed by atoms with Gasteiger partial charge in [0, 0.05) is 16.6 Å². The molecule has 1 N–H and O–H groups in total. The second-order valence-electron chi connectivity index (χ2n) is 8.40. The monoisotopic (exact) mass is 445 g/mol. The average Bonchev–Trinajstić information content (AvgIpc) is 3.03. The number of carbonyl (C=O) groups is 1. The summed E-state index contributed by atoms with van der Waals surface area (Å²) in [6, 6.07) is 10.6. The number of benzene rings is 2. The van der Waals surface area contributed by atoms with Gasteiger partial charge in [0.05, 0.1) is 37.9 Å². The second-order valence-corrected chi connectivity index (χ2v) is 9.65. The van der Waals surface area contributed by atoms with Crippen LogP contribution in [0.2, 0.25) is 15.1 Å². The number of fused-ring (bicyclic) bond motifs is 6. The third kappa shape index (κ3) is 2.56. The van der Waals surface area contributed by atoms with Crippen LogP contribution >= 0.6 is 34.8 Å². The van der Waals surface area contributed by atoms with E-state index < -0.39 is 5.41 Å². The van der Waals surface area contributed by atoms with Gasteiger partial charge in [-0.25, -0.2) is 9.97 Å². The first-order valence-corrected chi connectivity index (χ1v) is 10.6. The molecule has 29 heavy (non-hydrogen) atoms. The lowest BCUT2D eigenvalue weighted by Crippen LogP contribution is -2.46. The summed E-state index contributed by atoms with van der Waals surface area (Å²) in [6.07, 6.45) is 1.62. The maximum atomic E-state index is 13.7. The van der Waals surface area contributed by atoms with Gasteiger partial charge < -0.3 is 5.32 Å². The summed E-state index contributed by atoms with van der Waals surface area (Å²) in [5.41, 5.74) is 2.60. The van der Waals surface area contributed by atoms with Crippen LogP contribution in [0.1, 0.15) is 44.0 Å². The summed E-state index contributed by atoms with van der Waals surface area (Å²) < 4.78 is 0. The molecule has 2 bridgehead atoms. The Kier molecular flexibility index (Phi) is 4.16. The van der Waals surface area contributed by atoms with Crippen LogP contribution in [-0.4, -0.2) is 15.9 Å². The van der Waals surface area contributed by atoms with Crippen molar-refractivity contribution in [2.75, 3.05) is 5.32 Å². The quantitative estimate of drug-likeness (QED) is 0.496. The summed E-state index contributed by atoms with van der Waals surface area (Å²) in [6.45, 7) is 4.27. The van der Waals surface area contributed by atoms with E-state index >= 15 is 0 Å². The number of hydrogen-bond donors (Lipinski definition) is 1. The van der Waals surface area contributed by atoms with Crippen molar-refractivity contribution in [2.24, 2.45) is 5.41 Å². The number of carbonyl (C=O) groups excluding carboxylic acids is 1. The molecule has 148 valence electrons. The first-order valence-electron chi connectivity index (χ1n) is 9.48. The van der Waals surface area contributed by atoms with Gasteiger partial charge in [-0.3, -0.25) is 4.79 Å². The van der Waals surface area contributed by atoms with Gasteiger partial charge >= 0.3 is 0 Å². The van der Waals surface area contributed by atoms with Gasteiger partial charge in [-0.1, -0.05) is 54.7 Å². The van der Waals surface area contributed by atoms with Crippen molar-refractivity contribution in [3.8, 4) is 0 Å². The maximum Gasteiger partial charge on any atom is 0.237 e. The SMILES string of the molecule is CC1(C)C2CCC1(C(=O)Nc1cccc(Cl)c1)c1nc3cc(Cl)c(Cl)cc3nc12. The first kappa shape index (κ1) is 19.1. The summed E-state index contributed by atoms with van der Waals surface area (Å²) in [7, 11) is 0. The van der Waals surface area contributed by atoms with Gasteiger partial charge in [0.15, 0.2) is 0 Å². The van der Waals surface area contributed by atoms with E-state index in [9.17, 15) is 4.79 Å². The van der Waals surface area contributed by atoms with Crippen molar-refractivity contribution < 1.29 is 4.79 Å². The Bertz CT molecular complexity index is 1190. The Labute approximate surface area is 183 Å². The van der Waals surface area contributed by atoms with Crippen molar-refractivity contribution in [3.05, 3.63) is 62.9 Å². The van der Waals surface area contributed by atoms with E-state index in [-0.39, 0.29) is 17.2 Å². The molecule has 2 aliphatic rings. The largest absolute Gasteiger partial charge is 0.325 e. The normalized spacial score (nSPS) is 24.0. The van der Waals surface area contributed by atoms with Crippen LogP contribution in [0, 0.1) is 5.41 Å². The number of nitrogens with one attached hydrogen (secondary N) is 1. The van der Waals surface area contributed by atoms with Crippen molar-refractivity contribution in [1.82, 2.24) is 9.97 Å². The fourth-order valence-corrected chi connectivity index (χ4v) is 5.69. The number of nitrogens with zero attached hydrogens (tertiary/aromatic N) is 2. The van der Waals surface area contributed by atoms with E-state index in [0.29, 0.717) is 31.8 Å². The molecule has 0 saturated heterocycles. The fraction of sp³-hybridized carbons (Fsp3) is 0.318. The molecule has 4 nitrogen and oxygen atoms in total. The molecule has 2 unspecified atom stereocenters. The highest BCUT2D eigenvalue weighted by molar-refractivity contribution is 6.42. The smallest absolute Gasteiger partial charge is 0.237 e. The Morgan fingerprint density at radius 2 is 1.76 bits per heavy atom. The molecular formula is C22H18Cl3N3O. The average molecular weight is 447 g/mol. The summed E-state index contributed by atoms with van der Waals surface area (Å²) in [4.78, 5) is 23.4. The van der Waals surface area contributed by atoms with Crippen molar-refractivity contribution in [2.45, 2.75) is 38.0 Å². The molecule has 0 spiro atoms. The number of halogens is 3. The molecule has 1 heterocycles.